The third-order valence-corrected chi connectivity index (χ3v) is 3.95. The van der Waals surface area contributed by atoms with Gasteiger partial charge in [0.15, 0.2) is 0 Å². The van der Waals surface area contributed by atoms with Gasteiger partial charge in [0, 0.05) is 11.1 Å². The first kappa shape index (κ1) is 9.87. The normalized spacial score (nSPS) is 21.4. The van der Waals surface area contributed by atoms with Crippen molar-refractivity contribution in [3.05, 3.63) is 28.2 Å². The summed E-state index contributed by atoms with van der Waals surface area (Å²) < 4.78 is 0. The minimum Gasteiger partial charge on any atom is -0.388 e. The van der Waals surface area contributed by atoms with E-state index in [4.69, 9.17) is 0 Å². The summed E-state index contributed by atoms with van der Waals surface area (Å²) in [7, 11) is 0. The molecule has 76 valence electrons. The molecule has 0 unspecified atom stereocenters. The molecule has 1 N–H and O–H groups in total. The van der Waals surface area contributed by atoms with Gasteiger partial charge in [-0.25, -0.2) is 4.98 Å². The van der Waals surface area contributed by atoms with Crippen LogP contribution in [0.4, 0.5) is 0 Å². The van der Waals surface area contributed by atoms with Crippen molar-refractivity contribution in [2.75, 3.05) is 0 Å². The number of allylic oxidation sites excluding steroid dienone is 1. The highest BCUT2D eigenvalue weighted by Gasteiger charge is 2.51. The van der Waals surface area contributed by atoms with Crippen molar-refractivity contribution >= 4 is 11.3 Å². The number of aromatic nitrogens is 1. The van der Waals surface area contributed by atoms with E-state index in [1.165, 1.54) is 0 Å². The standard InChI is InChI=1S/C11H15NOS/c1-3-4-9(13)11(5-6-11)10-12-8(2)7-14-10/h3-4,7,9,13H,5-6H2,1-2H3/b4-3+/t9-/m1/s1. The van der Waals surface area contributed by atoms with E-state index in [1.54, 1.807) is 11.3 Å². The first-order valence-electron chi connectivity index (χ1n) is 4.92. The number of rotatable bonds is 3. The average Bonchev–Trinajstić information content (AvgIpc) is 2.85. The molecule has 0 amide bonds. The van der Waals surface area contributed by atoms with Gasteiger partial charge in [-0.05, 0) is 26.7 Å². The zero-order valence-electron chi connectivity index (χ0n) is 8.53. The number of thiazole rings is 1. The van der Waals surface area contributed by atoms with Crippen LogP contribution in [0.25, 0.3) is 0 Å². The molecule has 2 rings (SSSR count). The summed E-state index contributed by atoms with van der Waals surface area (Å²) in [6, 6.07) is 0. The fourth-order valence-corrected chi connectivity index (χ4v) is 2.81. The van der Waals surface area contributed by atoms with Crippen LogP contribution in [0.5, 0.6) is 0 Å². The second-order valence-corrected chi connectivity index (χ2v) is 4.78. The summed E-state index contributed by atoms with van der Waals surface area (Å²) in [5, 5.41) is 13.1. The van der Waals surface area contributed by atoms with Gasteiger partial charge in [-0.2, -0.15) is 0 Å². The van der Waals surface area contributed by atoms with Crippen LogP contribution in [0.3, 0.4) is 0 Å². The van der Waals surface area contributed by atoms with Crippen molar-refractivity contribution in [2.24, 2.45) is 0 Å². The fourth-order valence-electron chi connectivity index (χ4n) is 1.72. The van der Waals surface area contributed by atoms with Crippen LogP contribution in [0.15, 0.2) is 17.5 Å². The highest BCUT2D eigenvalue weighted by atomic mass is 32.1. The lowest BCUT2D eigenvalue weighted by Crippen LogP contribution is -2.23. The lowest BCUT2D eigenvalue weighted by Gasteiger charge is -2.16. The van der Waals surface area contributed by atoms with E-state index < -0.39 is 0 Å². The van der Waals surface area contributed by atoms with Gasteiger partial charge < -0.3 is 5.11 Å². The van der Waals surface area contributed by atoms with Gasteiger partial charge in [0.2, 0.25) is 0 Å². The molecule has 1 aromatic heterocycles. The lowest BCUT2D eigenvalue weighted by molar-refractivity contribution is 0.178. The molecule has 0 aliphatic heterocycles. The van der Waals surface area contributed by atoms with E-state index in [0.29, 0.717) is 0 Å². The summed E-state index contributed by atoms with van der Waals surface area (Å²) in [5.74, 6) is 0. The van der Waals surface area contributed by atoms with Crippen molar-refractivity contribution in [1.29, 1.82) is 0 Å². The minimum absolute atomic E-state index is 0.0502. The number of aliphatic hydroxyl groups excluding tert-OH is 1. The molecule has 1 heterocycles. The molecule has 1 fully saturated rings. The van der Waals surface area contributed by atoms with E-state index in [0.717, 1.165) is 23.5 Å². The van der Waals surface area contributed by atoms with Crippen LogP contribution in [0, 0.1) is 6.92 Å². The molecular weight excluding hydrogens is 194 g/mol. The molecule has 1 aromatic rings. The smallest absolute Gasteiger partial charge is 0.102 e. The highest BCUT2D eigenvalue weighted by molar-refractivity contribution is 7.09. The van der Waals surface area contributed by atoms with Crippen LogP contribution in [-0.4, -0.2) is 16.2 Å². The molecule has 1 aliphatic rings. The van der Waals surface area contributed by atoms with Crippen LogP contribution in [0.1, 0.15) is 30.5 Å². The van der Waals surface area contributed by atoms with Crippen LogP contribution >= 0.6 is 11.3 Å². The number of aliphatic hydroxyl groups is 1. The average molecular weight is 209 g/mol. The van der Waals surface area contributed by atoms with E-state index in [-0.39, 0.29) is 11.5 Å². The van der Waals surface area contributed by atoms with Gasteiger partial charge in [-0.3, -0.25) is 0 Å². The number of nitrogens with zero attached hydrogens (tertiary/aromatic N) is 1. The maximum atomic E-state index is 9.98. The zero-order chi connectivity index (χ0) is 10.2. The van der Waals surface area contributed by atoms with E-state index in [9.17, 15) is 5.11 Å². The fraction of sp³-hybridized carbons (Fsp3) is 0.545. The molecule has 3 heteroatoms. The molecule has 1 saturated carbocycles. The van der Waals surface area contributed by atoms with Gasteiger partial charge in [0.25, 0.3) is 0 Å². The summed E-state index contributed by atoms with van der Waals surface area (Å²) in [6.07, 6.45) is 5.53. The molecule has 0 bridgehead atoms. The number of aryl methyl sites for hydroxylation is 1. The number of hydrogen-bond donors (Lipinski definition) is 1. The largest absolute Gasteiger partial charge is 0.388 e. The highest BCUT2D eigenvalue weighted by Crippen LogP contribution is 2.52. The Morgan fingerprint density at radius 1 is 1.64 bits per heavy atom. The Labute approximate surface area is 88.3 Å². The predicted octanol–water partition coefficient (Wildman–Crippen LogP) is 2.42. The molecule has 1 atom stereocenters. The minimum atomic E-state index is -0.363. The van der Waals surface area contributed by atoms with Crippen LogP contribution in [0.2, 0.25) is 0 Å². The topological polar surface area (TPSA) is 33.1 Å². The van der Waals surface area contributed by atoms with E-state index in [1.807, 2.05) is 26.0 Å². The first-order chi connectivity index (χ1) is 6.69. The van der Waals surface area contributed by atoms with Gasteiger partial charge in [0.1, 0.15) is 5.01 Å². The predicted molar refractivity (Wildman–Crippen MR) is 58.6 cm³/mol. The van der Waals surface area contributed by atoms with E-state index >= 15 is 0 Å². The maximum Gasteiger partial charge on any atom is 0.102 e. The molecule has 0 saturated heterocycles. The molecule has 0 radical (unpaired) electrons. The Hall–Kier alpha value is -0.670. The quantitative estimate of drug-likeness (QED) is 0.776. The Morgan fingerprint density at radius 2 is 2.36 bits per heavy atom. The Bertz CT molecular complexity index is 352. The van der Waals surface area contributed by atoms with E-state index in [2.05, 4.69) is 10.4 Å². The van der Waals surface area contributed by atoms with Gasteiger partial charge in [-0.1, -0.05) is 12.2 Å². The van der Waals surface area contributed by atoms with Gasteiger partial charge in [-0.15, -0.1) is 11.3 Å². The van der Waals surface area contributed by atoms with Crippen molar-refractivity contribution < 1.29 is 5.11 Å². The Balaban J connectivity index is 2.24. The van der Waals surface area contributed by atoms with Crippen molar-refractivity contribution in [3.63, 3.8) is 0 Å². The van der Waals surface area contributed by atoms with Gasteiger partial charge in [0.05, 0.1) is 11.5 Å². The lowest BCUT2D eigenvalue weighted by atomic mass is 10.00. The zero-order valence-corrected chi connectivity index (χ0v) is 9.34. The Morgan fingerprint density at radius 3 is 2.79 bits per heavy atom. The summed E-state index contributed by atoms with van der Waals surface area (Å²) in [5.41, 5.74) is 1.01. The first-order valence-corrected chi connectivity index (χ1v) is 5.80. The SMILES string of the molecule is C/C=C/[C@@H](O)C1(c2nc(C)cs2)CC1. The maximum absolute atomic E-state index is 9.98. The summed E-state index contributed by atoms with van der Waals surface area (Å²) in [4.78, 5) is 4.47. The van der Waals surface area contributed by atoms with Gasteiger partial charge >= 0.3 is 0 Å². The molecule has 0 spiro atoms. The molecular formula is C11H15NOS. The van der Waals surface area contributed by atoms with Crippen LogP contribution < -0.4 is 0 Å². The molecule has 0 aromatic carbocycles. The third-order valence-electron chi connectivity index (χ3n) is 2.77. The second kappa shape index (κ2) is 3.48. The summed E-state index contributed by atoms with van der Waals surface area (Å²) in [6.45, 7) is 3.94. The molecule has 1 aliphatic carbocycles. The third kappa shape index (κ3) is 1.51. The Kier molecular flexibility index (Phi) is 2.45. The van der Waals surface area contributed by atoms with Crippen molar-refractivity contribution in [2.45, 2.75) is 38.2 Å². The molecule has 2 nitrogen and oxygen atoms in total. The molecule has 14 heavy (non-hydrogen) atoms. The van der Waals surface area contributed by atoms with Crippen molar-refractivity contribution in [3.8, 4) is 0 Å². The number of hydrogen-bond acceptors (Lipinski definition) is 3. The monoisotopic (exact) mass is 209 g/mol. The van der Waals surface area contributed by atoms with Crippen molar-refractivity contribution in [1.82, 2.24) is 4.98 Å². The second-order valence-electron chi connectivity index (χ2n) is 3.92. The van der Waals surface area contributed by atoms with Crippen LogP contribution in [-0.2, 0) is 5.41 Å². The summed E-state index contributed by atoms with van der Waals surface area (Å²) >= 11 is 1.67.